The van der Waals surface area contributed by atoms with Crippen LogP contribution in [0.4, 0.5) is 0 Å². The highest BCUT2D eigenvalue weighted by molar-refractivity contribution is 6.35. The van der Waals surface area contributed by atoms with E-state index >= 15 is 0 Å². The molecule has 0 N–H and O–H groups in total. The number of para-hydroxylation sites is 4. The van der Waals surface area contributed by atoms with Crippen LogP contribution in [0.15, 0.2) is 240 Å². The standard InChI is InChI=1S/C80H39N3O5/c1-39-20-21-40(38-81)32-58(39)43-36-62-50-24-28-54-47-11-3-6-17-65(47)85-77(54)72(50)82-71(62)63(37-43)51-25-29-56-59-33-41(22-31-67(59)87-79(56)74(51)82)44-13-9-19-68-69(44)57-30-26-52-61-35-42(45-14-8-15-53-46-10-2-5-16-64(46)84-76(45)53)34-60-49-23-27-55-48-12-4-7-18-66(48)86-78(55)73(49)83(70(60)61)75(52)80(57)88-68/h2-37H,1H3. The number of hydrogen-bond acceptors (Lipinski definition) is 6. The van der Waals surface area contributed by atoms with Crippen molar-refractivity contribution in [2.75, 3.05) is 0 Å². The maximum absolute atomic E-state index is 10.0. The first-order chi connectivity index (χ1) is 43.5. The van der Waals surface area contributed by atoms with Crippen LogP contribution in [0.2, 0.25) is 0 Å². The van der Waals surface area contributed by atoms with Crippen LogP contribution in [0.5, 0.6) is 0 Å². The van der Waals surface area contributed by atoms with Crippen molar-refractivity contribution in [1.29, 1.82) is 5.26 Å². The Morgan fingerprint density at radius 3 is 1.23 bits per heavy atom. The number of hydrogen-bond donors (Lipinski definition) is 0. The largest absolute Gasteiger partial charge is 0.455 e. The van der Waals surface area contributed by atoms with E-state index in [4.69, 9.17) is 22.1 Å². The molecule has 0 saturated carbocycles. The van der Waals surface area contributed by atoms with Gasteiger partial charge in [-0.2, -0.15) is 5.26 Å². The van der Waals surface area contributed by atoms with Crippen molar-refractivity contribution in [3.8, 4) is 39.4 Å². The number of aryl methyl sites for hydroxylation is 1. The smallest absolute Gasteiger partial charge is 0.160 e. The predicted molar refractivity (Wildman–Crippen MR) is 358 cm³/mol. The Bertz CT molecular complexity index is 7020. The lowest BCUT2D eigenvalue weighted by molar-refractivity contribution is 0.669. The summed E-state index contributed by atoms with van der Waals surface area (Å²) in [6.45, 7) is 2.11. The fourth-order valence-electron chi connectivity index (χ4n) is 15.9. The quantitative estimate of drug-likeness (QED) is 0.175. The molecule has 88 heavy (non-hydrogen) atoms. The third-order valence-corrected chi connectivity index (χ3v) is 19.7. The molecule has 8 heteroatoms. The molecule has 0 aliphatic rings. The van der Waals surface area contributed by atoms with E-state index in [1.54, 1.807) is 0 Å². The van der Waals surface area contributed by atoms with E-state index in [1.165, 1.54) is 0 Å². The number of furan rings is 5. The second-order valence-electron chi connectivity index (χ2n) is 24.1. The van der Waals surface area contributed by atoms with Gasteiger partial charge in [-0.15, -0.1) is 0 Å². The van der Waals surface area contributed by atoms with Crippen molar-refractivity contribution in [1.82, 2.24) is 8.80 Å². The summed E-state index contributed by atoms with van der Waals surface area (Å²) in [5, 5.41) is 29.5. The molecule has 13 aromatic carbocycles. The lowest BCUT2D eigenvalue weighted by Gasteiger charge is -2.08. The molecule has 0 atom stereocenters. The maximum Gasteiger partial charge on any atom is 0.160 e. The third-order valence-electron chi connectivity index (χ3n) is 19.7. The maximum atomic E-state index is 10.0. The van der Waals surface area contributed by atoms with Crippen LogP contribution in [-0.2, 0) is 0 Å². The second-order valence-corrected chi connectivity index (χ2v) is 24.1. The molecule has 0 saturated heterocycles. The Kier molecular flexibility index (Phi) is 8.06. The van der Waals surface area contributed by atoms with Crippen LogP contribution in [0.25, 0.3) is 219 Å². The van der Waals surface area contributed by atoms with E-state index in [2.05, 4.69) is 192 Å². The van der Waals surface area contributed by atoms with Gasteiger partial charge in [-0.05, 0) is 137 Å². The fourth-order valence-corrected chi connectivity index (χ4v) is 15.9. The van der Waals surface area contributed by atoms with E-state index in [0.717, 1.165) is 225 Å². The summed E-state index contributed by atoms with van der Waals surface area (Å²) in [5.41, 5.74) is 22.6. The number of rotatable bonds is 3. The molecule has 0 bridgehead atoms. The molecule has 0 unspecified atom stereocenters. The summed E-state index contributed by atoms with van der Waals surface area (Å²) in [6, 6.07) is 80.0. The molecule has 0 amide bonds. The molecule has 9 heterocycles. The number of benzene rings is 13. The Balaban J connectivity index is 0.793. The zero-order valence-corrected chi connectivity index (χ0v) is 46.7. The van der Waals surface area contributed by atoms with E-state index < -0.39 is 0 Å². The van der Waals surface area contributed by atoms with Gasteiger partial charge < -0.3 is 30.9 Å². The van der Waals surface area contributed by atoms with Gasteiger partial charge in [0.2, 0.25) is 0 Å². The summed E-state index contributed by atoms with van der Waals surface area (Å²) < 4.78 is 39.8. The number of nitrogens with zero attached hydrogens (tertiary/aromatic N) is 3. The summed E-state index contributed by atoms with van der Waals surface area (Å²) in [5.74, 6) is 0. The van der Waals surface area contributed by atoms with Gasteiger partial charge in [0.15, 0.2) is 22.3 Å². The van der Waals surface area contributed by atoms with Gasteiger partial charge in [-0.3, -0.25) is 0 Å². The van der Waals surface area contributed by atoms with Crippen LogP contribution < -0.4 is 0 Å². The van der Waals surface area contributed by atoms with Gasteiger partial charge in [0.05, 0.1) is 44.7 Å². The SMILES string of the molecule is Cc1ccc(C#N)cc1-c1cc2c3ccc4c5ccccc5oc4c3n3c2c(c1)c1ccc2c4cc(-c5cccc6oc7c(ccc8c9cc(-c%10cccc%11c%10oc%10ccccc%10%11)cc%10c%11ccc%12c%13ccccc%13oc%12c%11n(c%109)c87)c56)ccc4oc2c13. The first kappa shape index (κ1) is 45.4. The van der Waals surface area contributed by atoms with Crippen molar-refractivity contribution >= 4 is 186 Å². The molecule has 22 aromatic rings. The van der Waals surface area contributed by atoms with Crippen LogP contribution in [0, 0.1) is 18.3 Å². The lowest BCUT2D eigenvalue weighted by atomic mass is 9.94. The minimum absolute atomic E-state index is 0.629. The molecule has 9 aromatic heterocycles. The molecule has 0 aliphatic heterocycles. The zero-order chi connectivity index (χ0) is 57.1. The topological polar surface area (TPSA) is 98.3 Å². The summed E-state index contributed by atoms with van der Waals surface area (Å²) in [7, 11) is 0. The summed E-state index contributed by atoms with van der Waals surface area (Å²) >= 11 is 0. The van der Waals surface area contributed by atoms with Crippen LogP contribution >= 0.6 is 0 Å². The van der Waals surface area contributed by atoms with Crippen molar-refractivity contribution in [3.05, 3.63) is 230 Å². The molecular weight excluding hydrogens is 1080 g/mol. The molecule has 0 spiro atoms. The normalized spacial score (nSPS) is 12.8. The third kappa shape index (κ3) is 5.44. The van der Waals surface area contributed by atoms with Gasteiger partial charge >= 0.3 is 0 Å². The average molecular weight is 1120 g/mol. The van der Waals surface area contributed by atoms with Crippen molar-refractivity contribution in [2.24, 2.45) is 0 Å². The fraction of sp³-hybridized carbons (Fsp3) is 0.0125. The van der Waals surface area contributed by atoms with Gasteiger partial charge in [0.1, 0.15) is 33.5 Å². The van der Waals surface area contributed by atoms with Gasteiger partial charge in [0, 0.05) is 103 Å². The van der Waals surface area contributed by atoms with Crippen molar-refractivity contribution in [2.45, 2.75) is 6.92 Å². The molecule has 0 aliphatic carbocycles. The molecular formula is C80H39N3O5. The number of fused-ring (bicyclic) bond motifs is 31. The van der Waals surface area contributed by atoms with Crippen LogP contribution in [0.3, 0.4) is 0 Å². The molecule has 404 valence electrons. The first-order valence-corrected chi connectivity index (χ1v) is 29.8. The number of aromatic nitrogens is 2. The Labute approximate surface area is 495 Å². The molecule has 8 nitrogen and oxygen atoms in total. The minimum Gasteiger partial charge on any atom is -0.455 e. The summed E-state index contributed by atoms with van der Waals surface area (Å²) in [4.78, 5) is 0. The van der Waals surface area contributed by atoms with Gasteiger partial charge in [0.25, 0.3) is 0 Å². The van der Waals surface area contributed by atoms with Crippen LogP contribution in [-0.4, -0.2) is 8.80 Å². The number of nitriles is 1. The van der Waals surface area contributed by atoms with Crippen molar-refractivity contribution in [3.63, 3.8) is 0 Å². The second kappa shape index (κ2) is 15.6. The van der Waals surface area contributed by atoms with E-state index in [1.807, 2.05) is 48.5 Å². The summed E-state index contributed by atoms with van der Waals surface area (Å²) in [6.07, 6.45) is 0. The highest BCUT2D eigenvalue weighted by atomic mass is 16.3. The minimum atomic E-state index is 0.629. The van der Waals surface area contributed by atoms with E-state index in [9.17, 15) is 5.26 Å². The highest BCUT2D eigenvalue weighted by Crippen LogP contribution is 2.52. The lowest BCUT2D eigenvalue weighted by Crippen LogP contribution is -1.86. The predicted octanol–water partition coefficient (Wildman–Crippen LogP) is 22.7. The first-order valence-electron chi connectivity index (χ1n) is 29.8. The molecule has 0 radical (unpaired) electrons. The van der Waals surface area contributed by atoms with E-state index in [0.29, 0.717) is 5.56 Å². The zero-order valence-electron chi connectivity index (χ0n) is 46.7. The van der Waals surface area contributed by atoms with Crippen LogP contribution in [0.1, 0.15) is 11.1 Å². The average Bonchev–Trinajstić information content (AvgIpc) is 1.54. The van der Waals surface area contributed by atoms with Gasteiger partial charge in [-0.25, -0.2) is 0 Å². The van der Waals surface area contributed by atoms with Crippen molar-refractivity contribution < 1.29 is 22.1 Å². The van der Waals surface area contributed by atoms with E-state index in [-0.39, 0.29) is 0 Å². The molecule has 22 rings (SSSR count). The Morgan fingerprint density at radius 2 is 0.670 bits per heavy atom. The van der Waals surface area contributed by atoms with Gasteiger partial charge in [-0.1, -0.05) is 121 Å². The molecule has 0 fully saturated rings. The monoisotopic (exact) mass is 1120 g/mol. The Morgan fingerprint density at radius 1 is 0.273 bits per heavy atom. The Hall–Kier alpha value is -12.1. The highest BCUT2D eigenvalue weighted by Gasteiger charge is 2.29.